The van der Waals surface area contributed by atoms with Crippen LogP contribution in [0.2, 0.25) is 0 Å². The van der Waals surface area contributed by atoms with Gasteiger partial charge in [-0.25, -0.2) is 13.4 Å². The fourth-order valence-electron chi connectivity index (χ4n) is 10.6. The topological polar surface area (TPSA) is 488 Å². The van der Waals surface area contributed by atoms with E-state index in [-0.39, 0.29) is 132 Å². The van der Waals surface area contributed by atoms with E-state index in [1.54, 1.807) is 82.8 Å². The highest BCUT2D eigenvalue weighted by Gasteiger charge is 2.54. The molecule has 620 valence electrons. The molecule has 1 aliphatic rings. The third kappa shape index (κ3) is 36.8. The number of carbonyl (C=O) groups excluding carboxylic acids is 7. The Morgan fingerprint density at radius 3 is 1.68 bits per heavy atom. The number of nitrogens with one attached hydrogen (secondary N) is 8. The molecule has 0 saturated carbocycles. The van der Waals surface area contributed by atoms with Crippen LogP contribution in [0.25, 0.3) is 10.9 Å². The summed E-state index contributed by atoms with van der Waals surface area (Å²) in [5.74, 6) is -12.7. The minimum Gasteiger partial charge on any atom is -0.494 e. The molecule has 3 heterocycles. The number of nitrogens with zero attached hydrogens (tertiary/aromatic N) is 6. The number of hydrogen-bond acceptors (Lipinski definition) is 24. The van der Waals surface area contributed by atoms with E-state index >= 15 is 0 Å². The highest BCUT2D eigenvalue weighted by molar-refractivity contribution is 7.89. The van der Waals surface area contributed by atoms with E-state index in [0.29, 0.717) is 100 Å². The van der Waals surface area contributed by atoms with Gasteiger partial charge in [0.05, 0.1) is 56.4 Å². The van der Waals surface area contributed by atoms with Gasteiger partial charge in [0.25, 0.3) is 5.91 Å². The molecular weight excluding hydrogens is 1510 g/mol. The smallest absolute Gasteiger partial charge is 0.458 e. The number of benzene rings is 2. The number of rotatable bonds is 42. The van der Waals surface area contributed by atoms with Gasteiger partial charge in [0.1, 0.15) is 23.4 Å². The molecule has 43 heteroatoms. The standard InChI is InChI=1S/C34H43N7O9S.C30H55N7O11.C4F6O2/c1-21-15-24(50-14-5-7-29(42)35-10-6-13-49-4)16-22(2)31(21)51(47,48)40-27(33(45)46)19-38-32(44)26-20-41(3)28-17-23(8-9-25(28)30(26)43)18-39-34-36-11-12-37-34;1-3-16-47-18-19-48-17-4-7-32-30(46)24(5-6-25(38)31-2)33-26(39)20-34-8-10-35(21-27(40)41)12-14-37(23-29(44)45)15-13-36(11-9-34)22-28(42)43;5-3(6,7)1(11)2(12)4(8,9)10/h8-9,11-12,15-17,20,27,40H,5-7,10,13-14,18-19H2,1-4H3,(H,35,42)(H,38,44)(H,45,46)(H2,36,37,39);24H,3-23H2,1-2H3,(H,31,38)(H,32,46)(H,33,39)(H,40,41)(H,42,43)(H,44,45);/t27-;24-;/m01./s1. The van der Waals surface area contributed by atoms with E-state index in [9.17, 15) is 113 Å². The van der Waals surface area contributed by atoms with Crippen LogP contribution in [0.15, 0.2) is 58.6 Å². The molecule has 0 unspecified atom stereocenters. The second-order valence-corrected chi connectivity index (χ2v) is 26.7. The summed E-state index contributed by atoms with van der Waals surface area (Å²) in [6, 6.07) is 5.44. The van der Waals surface area contributed by atoms with E-state index in [1.165, 1.54) is 25.4 Å². The van der Waals surface area contributed by atoms with Crippen LogP contribution in [0.1, 0.15) is 78.9 Å². The number of halogens is 6. The zero-order chi connectivity index (χ0) is 83.0. The number of aromatic nitrogens is 3. The lowest BCUT2D eigenvalue weighted by molar-refractivity contribution is -0.193. The van der Waals surface area contributed by atoms with Gasteiger partial charge in [0, 0.05) is 156 Å². The number of ether oxygens (including phenoxy) is 4. The Bertz CT molecular complexity index is 3830. The predicted molar refractivity (Wildman–Crippen MR) is 385 cm³/mol. The number of amides is 5. The Kier molecular flexibility index (Phi) is 42.0. The molecule has 2 aromatic heterocycles. The van der Waals surface area contributed by atoms with Crippen LogP contribution in [0.5, 0.6) is 5.75 Å². The van der Waals surface area contributed by atoms with Crippen LogP contribution in [0.3, 0.4) is 0 Å². The van der Waals surface area contributed by atoms with E-state index < -0.39 is 99.6 Å². The zero-order valence-corrected chi connectivity index (χ0v) is 63.1. The second kappa shape index (κ2) is 48.8. The minimum absolute atomic E-state index is 0.00659. The number of carbonyl (C=O) groups is 11. The molecule has 1 aliphatic heterocycles. The van der Waals surface area contributed by atoms with Crippen molar-refractivity contribution in [1.82, 2.24) is 65.4 Å². The van der Waals surface area contributed by atoms with Crippen LogP contribution >= 0.6 is 0 Å². The summed E-state index contributed by atoms with van der Waals surface area (Å²) in [7, 11) is 0.351. The van der Waals surface area contributed by atoms with Gasteiger partial charge in [-0.3, -0.25) is 77.1 Å². The summed E-state index contributed by atoms with van der Waals surface area (Å²) in [6.07, 6.45) is -3.94. The van der Waals surface area contributed by atoms with Crippen LogP contribution in [0.4, 0.5) is 32.3 Å². The Hall–Kier alpha value is -9.76. The number of imidazole rings is 1. The monoisotopic (exact) mass is 1610 g/mol. The molecule has 1 fully saturated rings. The predicted octanol–water partition coefficient (Wildman–Crippen LogP) is 0.635. The molecular formula is C68H98F6N14O22S. The Morgan fingerprint density at radius 1 is 0.649 bits per heavy atom. The number of carboxylic acid groups (broad SMARTS) is 4. The molecule has 2 atom stereocenters. The number of hydrogen-bond donors (Lipinski definition) is 12. The summed E-state index contributed by atoms with van der Waals surface area (Å²) in [4.78, 5) is 156. The number of aromatic amines is 1. The number of alkyl halides is 6. The van der Waals surface area contributed by atoms with Crippen LogP contribution in [-0.2, 0) is 85.8 Å². The third-order valence-electron chi connectivity index (χ3n) is 16.1. The summed E-state index contributed by atoms with van der Waals surface area (Å²) in [5.41, 5.74) is 1.26. The molecule has 12 N–H and O–H groups in total. The van der Waals surface area contributed by atoms with Gasteiger partial charge in [-0.1, -0.05) is 13.0 Å². The van der Waals surface area contributed by atoms with E-state index in [4.69, 9.17) is 18.9 Å². The number of anilines is 1. The zero-order valence-electron chi connectivity index (χ0n) is 62.3. The highest BCUT2D eigenvalue weighted by atomic mass is 32.2. The number of ketones is 2. The van der Waals surface area contributed by atoms with Crippen LogP contribution in [-0.4, -0.2) is 304 Å². The lowest BCUT2D eigenvalue weighted by atomic mass is 10.1. The summed E-state index contributed by atoms with van der Waals surface area (Å²) in [6.45, 7) is 9.51. The fraction of sp³-hybridized carbons (Fsp3) is 0.574. The molecule has 36 nitrogen and oxygen atoms in total. The Balaban J connectivity index is 0.000000501. The Labute approximate surface area is 635 Å². The van der Waals surface area contributed by atoms with Crippen molar-refractivity contribution in [3.05, 3.63) is 81.4 Å². The number of sulfonamides is 1. The number of H-pyrrole nitrogens is 1. The van der Waals surface area contributed by atoms with Gasteiger partial charge in [0.15, 0.2) is 5.95 Å². The number of Topliss-reactive ketones (excluding diaryl/α,β-unsaturated/α-hetero) is 2. The first-order valence-electron chi connectivity index (χ1n) is 34.9. The van der Waals surface area contributed by atoms with Crippen molar-refractivity contribution in [2.45, 2.75) is 102 Å². The molecule has 1 saturated heterocycles. The van der Waals surface area contributed by atoms with Crippen LogP contribution in [0, 0.1) is 13.8 Å². The molecule has 0 bridgehead atoms. The first-order valence-corrected chi connectivity index (χ1v) is 36.4. The number of aliphatic carboxylic acids is 4. The van der Waals surface area contributed by atoms with E-state index in [1.807, 2.05) is 6.92 Å². The van der Waals surface area contributed by atoms with Crippen molar-refractivity contribution < 1.29 is 127 Å². The average Bonchev–Trinajstić information content (AvgIpc) is 1.00. The molecule has 2 aromatic carbocycles. The first kappa shape index (κ1) is 95.4. The summed E-state index contributed by atoms with van der Waals surface area (Å²) < 4.78 is 119. The fourth-order valence-corrected chi connectivity index (χ4v) is 12.2. The second-order valence-electron chi connectivity index (χ2n) is 25.0. The maximum atomic E-state index is 13.4. The molecule has 5 amide bonds. The Morgan fingerprint density at radius 2 is 1.18 bits per heavy atom. The van der Waals surface area contributed by atoms with Gasteiger partial charge in [0.2, 0.25) is 39.1 Å². The van der Waals surface area contributed by atoms with Crippen molar-refractivity contribution in [3.8, 4) is 5.75 Å². The quantitative estimate of drug-likeness (QED) is 0.0164. The molecule has 0 spiro atoms. The van der Waals surface area contributed by atoms with Gasteiger partial charge in [-0.15, -0.1) is 0 Å². The lowest BCUT2D eigenvalue weighted by Gasteiger charge is -2.33. The molecule has 0 radical (unpaired) electrons. The summed E-state index contributed by atoms with van der Waals surface area (Å²) in [5, 5.41) is 54.6. The number of methoxy groups -OCH3 is 1. The van der Waals surface area contributed by atoms with E-state index in [0.717, 1.165) is 12.0 Å². The SMILES string of the molecule is CCCOCCOCCCNC(=O)[C@@H](CCC(=O)NC)NC(=O)CN1CCN(CC(=O)O)CCN(CC(=O)O)CCN(CC(=O)O)CC1.COCCCNC(=O)CCCOc1cc(C)c(S(=O)(=O)N[C@@H](CNC(=O)c2cn(C)c3cc(CNc4ncc[nH]4)ccc3c2=O)C(=O)O)c(C)c1.O=C(C(=O)C(F)(F)F)C(F)(F)F. The molecule has 5 rings (SSSR count). The normalized spacial score (nSPS) is 14.1. The van der Waals surface area contributed by atoms with Crippen molar-refractivity contribution in [2.75, 3.05) is 157 Å². The first-order chi connectivity index (χ1) is 52.3. The van der Waals surface area contributed by atoms with Crippen molar-refractivity contribution in [3.63, 3.8) is 0 Å². The maximum absolute atomic E-state index is 13.4. The molecule has 4 aromatic rings. The maximum Gasteiger partial charge on any atom is 0.458 e. The summed E-state index contributed by atoms with van der Waals surface area (Å²) >= 11 is 0. The number of carboxylic acids is 4. The van der Waals surface area contributed by atoms with Crippen molar-refractivity contribution >= 4 is 91.9 Å². The highest BCUT2D eigenvalue weighted by Crippen LogP contribution is 2.27. The van der Waals surface area contributed by atoms with Crippen molar-refractivity contribution in [2.24, 2.45) is 7.05 Å². The largest absolute Gasteiger partial charge is 0.494 e. The minimum atomic E-state index is -5.77. The number of fused-ring (bicyclic) bond motifs is 1. The molecule has 0 aliphatic carbocycles. The van der Waals surface area contributed by atoms with Crippen LogP contribution < -0.4 is 46.8 Å². The third-order valence-corrected chi connectivity index (χ3v) is 17.8. The average molecular weight is 1610 g/mol. The van der Waals surface area contributed by atoms with Gasteiger partial charge in [-0.2, -0.15) is 31.1 Å². The van der Waals surface area contributed by atoms with Gasteiger partial charge < -0.3 is 80.8 Å². The molecule has 111 heavy (non-hydrogen) atoms. The van der Waals surface area contributed by atoms with Gasteiger partial charge in [-0.05, 0) is 86.9 Å². The van der Waals surface area contributed by atoms with E-state index in [2.05, 4.69) is 46.6 Å². The van der Waals surface area contributed by atoms with Gasteiger partial charge >= 0.3 is 47.8 Å². The lowest BCUT2D eigenvalue weighted by Crippen LogP contribution is -2.52. The van der Waals surface area contributed by atoms with Crippen molar-refractivity contribution in [1.29, 1.82) is 0 Å². The number of aryl methyl sites for hydroxylation is 3. The number of pyridine rings is 1.